The number of carbonyl (C=O) groups excluding carboxylic acids is 1. The van der Waals surface area contributed by atoms with Gasteiger partial charge in [-0.1, -0.05) is 6.92 Å². The Balaban J connectivity index is 1.50. The van der Waals surface area contributed by atoms with Gasteiger partial charge in [-0.05, 0) is 35.9 Å². The molecule has 0 bridgehead atoms. The van der Waals surface area contributed by atoms with Gasteiger partial charge in [-0.25, -0.2) is 14.8 Å². The van der Waals surface area contributed by atoms with E-state index in [0.29, 0.717) is 19.0 Å². The summed E-state index contributed by atoms with van der Waals surface area (Å²) in [6.07, 6.45) is 5.26. The Morgan fingerprint density at radius 1 is 1.39 bits per heavy atom. The van der Waals surface area contributed by atoms with Crippen molar-refractivity contribution in [2.45, 2.75) is 25.8 Å². The number of nitrogens with zero attached hydrogens (tertiary/aromatic N) is 3. The van der Waals surface area contributed by atoms with E-state index in [9.17, 15) is 4.79 Å². The van der Waals surface area contributed by atoms with Gasteiger partial charge in [0.2, 0.25) is 5.95 Å². The third-order valence-corrected chi connectivity index (χ3v) is 4.99. The Kier molecular flexibility index (Phi) is 5.07. The van der Waals surface area contributed by atoms with E-state index in [1.165, 1.54) is 10.4 Å². The van der Waals surface area contributed by atoms with Crippen molar-refractivity contribution >= 4 is 23.3 Å². The second kappa shape index (κ2) is 7.41. The lowest BCUT2D eigenvalue weighted by Crippen LogP contribution is -2.46. The lowest BCUT2D eigenvalue weighted by molar-refractivity contribution is 0.168. The maximum absolute atomic E-state index is 12.5. The summed E-state index contributed by atoms with van der Waals surface area (Å²) in [4.78, 5) is 24.0. The first-order chi connectivity index (χ1) is 11.3. The molecule has 0 spiro atoms. The highest BCUT2D eigenvalue weighted by molar-refractivity contribution is 7.10. The molecule has 7 heteroatoms. The van der Waals surface area contributed by atoms with Crippen LogP contribution in [0.3, 0.4) is 0 Å². The minimum atomic E-state index is 0.00415. The maximum Gasteiger partial charge on any atom is 0.317 e. The molecule has 0 saturated carbocycles. The number of amides is 2. The Morgan fingerprint density at radius 3 is 3.00 bits per heavy atom. The Labute approximate surface area is 140 Å². The second-order valence-electron chi connectivity index (χ2n) is 5.40. The molecule has 0 aliphatic carbocycles. The van der Waals surface area contributed by atoms with Gasteiger partial charge in [0.25, 0.3) is 0 Å². The number of thiophene rings is 1. The molecule has 3 heterocycles. The van der Waals surface area contributed by atoms with E-state index in [-0.39, 0.29) is 12.1 Å². The van der Waals surface area contributed by atoms with Crippen LogP contribution >= 0.6 is 11.3 Å². The first-order valence-corrected chi connectivity index (χ1v) is 8.79. The minimum absolute atomic E-state index is 0.00415. The van der Waals surface area contributed by atoms with E-state index in [1.807, 2.05) is 4.90 Å². The Morgan fingerprint density at radius 2 is 2.22 bits per heavy atom. The molecule has 2 N–H and O–H groups in total. The molecule has 23 heavy (non-hydrogen) atoms. The molecule has 0 radical (unpaired) electrons. The molecule has 2 aromatic heterocycles. The molecule has 6 nitrogen and oxygen atoms in total. The van der Waals surface area contributed by atoms with Crippen LogP contribution < -0.4 is 10.6 Å². The molecule has 3 rings (SSSR count). The van der Waals surface area contributed by atoms with E-state index >= 15 is 0 Å². The molecule has 0 fully saturated rings. The summed E-state index contributed by atoms with van der Waals surface area (Å²) in [7, 11) is 0. The second-order valence-corrected chi connectivity index (χ2v) is 6.40. The molecular formula is C16H21N5OS. The van der Waals surface area contributed by atoms with Crippen LogP contribution in [0, 0.1) is 0 Å². The van der Waals surface area contributed by atoms with E-state index in [2.05, 4.69) is 39.0 Å². The standard InChI is InChI=1S/C16H21N5OS/c1-2-13-12-5-11-23-14(12)4-10-21(13)16(22)20-9-8-19-15-17-6-3-7-18-15/h3,5-7,11,13H,2,4,8-10H2,1H3,(H,20,22)(H,17,18,19)/t13-/m0/s1. The number of nitrogens with one attached hydrogen (secondary N) is 2. The van der Waals surface area contributed by atoms with E-state index in [0.717, 1.165) is 19.4 Å². The number of carbonyl (C=O) groups is 1. The van der Waals surface area contributed by atoms with Crippen LogP contribution in [0.15, 0.2) is 29.9 Å². The normalized spacial score (nSPS) is 16.7. The fourth-order valence-corrected chi connectivity index (χ4v) is 3.84. The van der Waals surface area contributed by atoms with Gasteiger partial charge in [-0.3, -0.25) is 0 Å². The van der Waals surface area contributed by atoms with Gasteiger partial charge in [0.05, 0.1) is 6.04 Å². The summed E-state index contributed by atoms with van der Waals surface area (Å²) < 4.78 is 0. The van der Waals surface area contributed by atoms with Crippen LogP contribution in [0.2, 0.25) is 0 Å². The minimum Gasteiger partial charge on any atom is -0.352 e. The van der Waals surface area contributed by atoms with Crippen molar-refractivity contribution in [3.8, 4) is 0 Å². The van der Waals surface area contributed by atoms with Gasteiger partial charge in [-0.15, -0.1) is 11.3 Å². The smallest absolute Gasteiger partial charge is 0.317 e. The maximum atomic E-state index is 12.5. The quantitative estimate of drug-likeness (QED) is 0.827. The van der Waals surface area contributed by atoms with Gasteiger partial charge in [0, 0.05) is 36.9 Å². The van der Waals surface area contributed by atoms with Crippen molar-refractivity contribution in [1.29, 1.82) is 0 Å². The van der Waals surface area contributed by atoms with Crippen molar-refractivity contribution in [3.63, 3.8) is 0 Å². The van der Waals surface area contributed by atoms with Crippen molar-refractivity contribution in [2.75, 3.05) is 25.0 Å². The zero-order chi connectivity index (χ0) is 16.1. The third kappa shape index (κ3) is 3.61. The molecule has 1 aliphatic rings. The number of hydrogen-bond donors (Lipinski definition) is 2. The summed E-state index contributed by atoms with van der Waals surface area (Å²) in [6.45, 7) is 4.06. The highest BCUT2D eigenvalue weighted by atomic mass is 32.1. The highest BCUT2D eigenvalue weighted by Crippen LogP contribution is 2.34. The molecule has 0 aromatic carbocycles. The molecule has 1 aliphatic heterocycles. The van der Waals surface area contributed by atoms with E-state index in [1.54, 1.807) is 29.8 Å². The summed E-state index contributed by atoms with van der Waals surface area (Å²) in [5.74, 6) is 0.578. The van der Waals surface area contributed by atoms with Gasteiger partial charge >= 0.3 is 6.03 Å². The van der Waals surface area contributed by atoms with Crippen LogP contribution in [0.4, 0.5) is 10.7 Å². The molecule has 0 unspecified atom stereocenters. The number of fused-ring (bicyclic) bond motifs is 1. The Hall–Kier alpha value is -2.15. The summed E-state index contributed by atoms with van der Waals surface area (Å²) in [6, 6.07) is 4.12. The topological polar surface area (TPSA) is 70.2 Å². The van der Waals surface area contributed by atoms with Gasteiger partial charge < -0.3 is 15.5 Å². The predicted octanol–water partition coefficient (Wildman–Crippen LogP) is 2.67. The summed E-state index contributed by atoms with van der Waals surface area (Å²) in [5, 5.41) is 8.19. The van der Waals surface area contributed by atoms with Crippen LogP contribution in [0.5, 0.6) is 0 Å². The number of hydrogen-bond acceptors (Lipinski definition) is 5. The molecule has 0 saturated heterocycles. The fraction of sp³-hybridized carbons (Fsp3) is 0.438. The highest BCUT2D eigenvalue weighted by Gasteiger charge is 2.29. The van der Waals surface area contributed by atoms with Crippen LogP contribution in [-0.2, 0) is 6.42 Å². The molecule has 2 aromatic rings. The van der Waals surface area contributed by atoms with E-state index in [4.69, 9.17) is 0 Å². The summed E-state index contributed by atoms with van der Waals surface area (Å²) in [5.41, 5.74) is 1.31. The molecular weight excluding hydrogens is 310 g/mol. The average Bonchev–Trinajstić information content (AvgIpc) is 3.07. The Bertz CT molecular complexity index is 645. The number of aromatic nitrogens is 2. The molecule has 2 amide bonds. The molecule has 1 atom stereocenters. The van der Waals surface area contributed by atoms with Gasteiger partial charge in [0.1, 0.15) is 0 Å². The zero-order valence-corrected chi connectivity index (χ0v) is 14.0. The van der Waals surface area contributed by atoms with Crippen LogP contribution in [0.1, 0.15) is 29.8 Å². The van der Waals surface area contributed by atoms with Crippen LogP contribution in [0.25, 0.3) is 0 Å². The van der Waals surface area contributed by atoms with Gasteiger partial charge in [0.15, 0.2) is 0 Å². The average molecular weight is 331 g/mol. The predicted molar refractivity (Wildman–Crippen MR) is 91.7 cm³/mol. The summed E-state index contributed by atoms with van der Waals surface area (Å²) >= 11 is 1.80. The monoisotopic (exact) mass is 331 g/mol. The lowest BCUT2D eigenvalue weighted by Gasteiger charge is -2.35. The van der Waals surface area contributed by atoms with Crippen LogP contribution in [-0.4, -0.2) is 40.5 Å². The first kappa shape index (κ1) is 15.7. The lowest BCUT2D eigenvalue weighted by atomic mass is 9.98. The first-order valence-electron chi connectivity index (χ1n) is 7.91. The van der Waals surface area contributed by atoms with Crippen molar-refractivity contribution in [3.05, 3.63) is 40.3 Å². The van der Waals surface area contributed by atoms with Crippen molar-refractivity contribution < 1.29 is 4.79 Å². The SMILES string of the molecule is CC[C@H]1c2ccsc2CCN1C(=O)NCCNc1ncccn1. The fourth-order valence-electron chi connectivity index (χ4n) is 2.92. The number of anilines is 1. The van der Waals surface area contributed by atoms with Crippen molar-refractivity contribution in [2.24, 2.45) is 0 Å². The van der Waals surface area contributed by atoms with Crippen molar-refractivity contribution in [1.82, 2.24) is 20.2 Å². The number of urea groups is 1. The third-order valence-electron chi connectivity index (χ3n) is 3.99. The van der Waals surface area contributed by atoms with Gasteiger partial charge in [-0.2, -0.15) is 0 Å². The largest absolute Gasteiger partial charge is 0.352 e. The van der Waals surface area contributed by atoms with E-state index < -0.39 is 0 Å². The number of rotatable bonds is 5. The molecule has 122 valence electrons. The zero-order valence-electron chi connectivity index (χ0n) is 13.2.